The van der Waals surface area contributed by atoms with E-state index in [4.69, 9.17) is 0 Å². The summed E-state index contributed by atoms with van der Waals surface area (Å²) in [6, 6.07) is 8.09. The molecule has 1 saturated heterocycles. The van der Waals surface area contributed by atoms with Gasteiger partial charge in [0, 0.05) is 39.2 Å². The summed E-state index contributed by atoms with van der Waals surface area (Å²) >= 11 is 0. The highest BCUT2D eigenvalue weighted by Crippen LogP contribution is 2.24. The number of carbonyl (C=O) groups is 1. The van der Waals surface area contributed by atoms with E-state index >= 15 is 0 Å². The van der Waals surface area contributed by atoms with E-state index in [9.17, 15) is 4.79 Å². The van der Waals surface area contributed by atoms with Crippen LogP contribution in [0.15, 0.2) is 42.9 Å². The molecule has 138 valence electrons. The summed E-state index contributed by atoms with van der Waals surface area (Å²) in [5, 5.41) is 3.43. The molecule has 6 nitrogen and oxygen atoms in total. The molecule has 1 amide bonds. The van der Waals surface area contributed by atoms with Crippen LogP contribution in [0.1, 0.15) is 41.2 Å². The van der Waals surface area contributed by atoms with E-state index in [1.807, 2.05) is 30.6 Å². The average molecular weight is 353 g/mol. The number of carbonyl (C=O) groups excluding carboxylic acids is 1. The Balaban J connectivity index is 1.68. The van der Waals surface area contributed by atoms with Crippen molar-refractivity contribution in [3.63, 3.8) is 0 Å². The number of aromatic nitrogens is 2. The smallest absolute Gasteiger partial charge is 0.254 e. The standard InChI is InChI=1S/C20H27N5O/c1-24(2)20(26)17-8-9-19(22-14-17)23-15-18(16-7-6-10-21-13-16)25-11-4-3-5-12-25/h6-10,13-14,18H,3-5,11-12,15H2,1-2H3,(H,22,23). The van der Waals surface area contributed by atoms with Crippen molar-refractivity contribution < 1.29 is 4.79 Å². The van der Waals surface area contributed by atoms with E-state index in [0.717, 1.165) is 25.5 Å². The Morgan fingerprint density at radius 3 is 2.62 bits per heavy atom. The van der Waals surface area contributed by atoms with Crippen molar-refractivity contribution >= 4 is 11.7 Å². The molecule has 0 aliphatic carbocycles. The van der Waals surface area contributed by atoms with Gasteiger partial charge in [-0.2, -0.15) is 0 Å². The third-order valence-electron chi connectivity index (χ3n) is 4.79. The van der Waals surface area contributed by atoms with Crippen LogP contribution in [0, 0.1) is 0 Å². The number of piperidine rings is 1. The molecule has 1 aliphatic rings. The maximum atomic E-state index is 12.0. The first-order chi connectivity index (χ1) is 12.6. The molecule has 1 fully saturated rings. The Bertz CT molecular complexity index is 696. The second kappa shape index (κ2) is 8.76. The summed E-state index contributed by atoms with van der Waals surface area (Å²) in [5.41, 5.74) is 1.82. The van der Waals surface area contributed by atoms with Crippen molar-refractivity contribution in [1.29, 1.82) is 0 Å². The van der Waals surface area contributed by atoms with Gasteiger partial charge in [-0.05, 0) is 49.7 Å². The summed E-state index contributed by atoms with van der Waals surface area (Å²) in [7, 11) is 3.48. The number of hydrogen-bond donors (Lipinski definition) is 1. The van der Waals surface area contributed by atoms with Gasteiger partial charge in [-0.25, -0.2) is 4.98 Å². The average Bonchev–Trinajstić information content (AvgIpc) is 2.69. The lowest BCUT2D eigenvalue weighted by atomic mass is 10.0. The Morgan fingerprint density at radius 1 is 1.19 bits per heavy atom. The molecule has 1 atom stereocenters. The maximum absolute atomic E-state index is 12.0. The first kappa shape index (κ1) is 18.3. The van der Waals surface area contributed by atoms with Crippen molar-refractivity contribution in [3.05, 3.63) is 54.0 Å². The highest BCUT2D eigenvalue weighted by atomic mass is 16.2. The Hall–Kier alpha value is -2.47. The summed E-state index contributed by atoms with van der Waals surface area (Å²) in [6.45, 7) is 3.00. The molecule has 2 aromatic heterocycles. The summed E-state index contributed by atoms with van der Waals surface area (Å²) in [5.74, 6) is 0.747. The maximum Gasteiger partial charge on any atom is 0.254 e. The van der Waals surface area contributed by atoms with Gasteiger partial charge in [-0.3, -0.25) is 14.7 Å². The molecule has 0 radical (unpaired) electrons. The van der Waals surface area contributed by atoms with Crippen molar-refractivity contribution in [2.45, 2.75) is 25.3 Å². The number of pyridine rings is 2. The molecule has 26 heavy (non-hydrogen) atoms. The lowest BCUT2D eigenvalue weighted by Gasteiger charge is -2.35. The molecule has 3 heterocycles. The second-order valence-electron chi connectivity index (χ2n) is 6.91. The van der Waals surface area contributed by atoms with E-state index in [0.29, 0.717) is 5.56 Å². The van der Waals surface area contributed by atoms with Crippen molar-refractivity contribution in [1.82, 2.24) is 19.8 Å². The fraction of sp³-hybridized carbons (Fsp3) is 0.450. The van der Waals surface area contributed by atoms with Crippen LogP contribution in [-0.2, 0) is 0 Å². The minimum absolute atomic E-state index is 0.0365. The fourth-order valence-electron chi connectivity index (χ4n) is 3.35. The van der Waals surface area contributed by atoms with E-state index in [1.54, 1.807) is 25.2 Å². The monoisotopic (exact) mass is 353 g/mol. The number of nitrogens with one attached hydrogen (secondary N) is 1. The van der Waals surface area contributed by atoms with Crippen LogP contribution in [0.4, 0.5) is 5.82 Å². The van der Waals surface area contributed by atoms with Gasteiger partial charge in [0.05, 0.1) is 11.6 Å². The Kier molecular flexibility index (Phi) is 6.17. The van der Waals surface area contributed by atoms with Gasteiger partial charge in [-0.1, -0.05) is 12.5 Å². The van der Waals surface area contributed by atoms with Gasteiger partial charge in [-0.15, -0.1) is 0 Å². The van der Waals surface area contributed by atoms with Crippen LogP contribution < -0.4 is 5.32 Å². The number of anilines is 1. The highest BCUT2D eigenvalue weighted by molar-refractivity contribution is 5.93. The van der Waals surface area contributed by atoms with Gasteiger partial charge in [0.15, 0.2) is 0 Å². The van der Waals surface area contributed by atoms with Crippen molar-refractivity contribution in [2.75, 3.05) is 39.0 Å². The number of hydrogen-bond acceptors (Lipinski definition) is 5. The summed E-state index contributed by atoms with van der Waals surface area (Å²) in [4.78, 5) is 24.7. The van der Waals surface area contributed by atoms with Crippen LogP contribution in [0.25, 0.3) is 0 Å². The van der Waals surface area contributed by atoms with Crippen LogP contribution in [0.2, 0.25) is 0 Å². The number of likely N-dealkylation sites (tertiary alicyclic amines) is 1. The number of nitrogens with zero attached hydrogens (tertiary/aromatic N) is 4. The number of amides is 1. The zero-order valence-corrected chi connectivity index (χ0v) is 15.6. The zero-order valence-electron chi connectivity index (χ0n) is 15.6. The van der Waals surface area contributed by atoms with Crippen molar-refractivity contribution in [2.24, 2.45) is 0 Å². The zero-order chi connectivity index (χ0) is 18.4. The molecule has 0 aromatic carbocycles. The topological polar surface area (TPSA) is 61.4 Å². The first-order valence-electron chi connectivity index (χ1n) is 9.20. The quantitative estimate of drug-likeness (QED) is 0.865. The molecule has 0 bridgehead atoms. The Morgan fingerprint density at radius 2 is 2.00 bits per heavy atom. The van der Waals surface area contributed by atoms with Crippen LogP contribution in [-0.4, -0.2) is 59.4 Å². The lowest BCUT2D eigenvalue weighted by molar-refractivity contribution is 0.0827. The third kappa shape index (κ3) is 4.58. The minimum Gasteiger partial charge on any atom is -0.368 e. The SMILES string of the molecule is CN(C)C(=O)c1ccc(NCC(c2cccnc2)N2CCCCC2)nc1. The first-order valence-corrected chi connectivity index (χ1v) is 9.20. The van der Waals surface area contributed by atoms with Crippen LogP contribution in [0.5, 0.6) is 0 Å². The van der Waals surface area contributed by atoms with Gasteiger partial charge >= 0.3 is 0 Å². The molecule has 2 aromatic rings. The van der Waals surface area contributed by atoms with Gasteiger partial charge < -0.3 is 10.2 Å². The van der Waals surface area contributed by atoms with Crippen molar-refractivity contribution in [3.8, 4) is 0 Å². The largest absolute Gasteiger partial charge is 0.368 e. The molecule has 0 spiro atoms. The molecule has 0 saturated carbocycles. The van der Waals surface area contributed by atoms with Crippen LogP contribution in [0.3, 0.4) is 0 Å². The molecule has 1 unspecified atom stereocenters. The second-order valence-corrected chi connectivity index (χ2v) is 6.91. The lowest BCUT2D eigenvalue weighted by Crippen LogP contribution is -2.37. The predicted molar refractivity (Wildman–Crippen MR) is 103 cm³/mol. The summed E-state index contributed by atoms with van der Waals surface area (Å²) in [6.07, 6.45) is 9.20. The minimum atomic E-state index is -0.0365. The normalized spacial score (nSPS) is 16.1. The predicted octanol–water partition coefficient (Wildman–Crippen LogP) is 2.82. The molecular weight excluding hydrogens is 326 g/mol. The molecule has 3 rings (SSSR count). The third-order valence-corrected chi connectivity index (χ3v) is 4.79. The molecule has 1 N–H and O–H groups in total. The van der Waals surface area contributed by atoms with E-state index in [-0.39, 0.29) is 11.9 Å². The fourth-order valence-corrected chi connectivity index (χ4v) is 3.35. The van der Waals surface area contributed by atoms with E-state index < -0.39 is 0 Å². The summed E-state index contributed by atoms with van der Waals surface area (Å²) < 4.78 is 0. The van der Waals surface area contributed by atoms with E-state index in [2.05, 4.69) is 26.3 Å². The van der Waals surface area contributed by atoms with Gasteiger partial charge in [0.25, 0.3) is 5.91 Å². The van der Waals surface area contributed by atoms with E-state index in [1.165, 1.54) is 24.8 Å². The number of rotatable bonds is 6. The molecule has 6 heteroatoms. The Labute approximate surface area is 155 Å². The van der Waals surface area contributed by atoms with Gasteiger partial charge in [0.1, 0.15) is 5.82 Å². The van der Waals surface area contributed by atoms with Gasteiger partial charge in [0.2, 0.25) is 0 Å². The molecule has 1 aliphatic heterocycles. The van der Waals surface area contributed by atoms with Crippen LogP contribution >= 0.6 is 0 Å². The highest BCUT2D eigenvalue weighted by Gasteiger charge is 2.22. The molecular formula is C20H27N5O.